The molecule has 1 saturated carbocycles. The number of carbonyl (C=O) groups excluding carboxylic acids is 1. The van der Waals surface area contributed by atoms with Crippen LogP contribution in [0.15, 0.2) is 54.6 Å². The Labute approximate surface area is 134 Å². The SMILES string of the molecule is COc1ccc(C(=O)[C@]2([N+](=O)[O-])C[C@@]2(C)c2ccccc2)cc1. The molecule has 0 N–H and O–H groups in total. The molecule has 1 aliphatic rings. The van der Waals surface area contributed by atoms with E-state index in [1.165, 1.54) is 7.11 Å². The molecular formula is C18H17NO4. The number of nitrogens with zero attached hydrogens (tertiary/aromatic N) is 1. The predicted molar refractivity (Wildman–Crippen MR) is 85.5 cm³/mol. The first-order chi connectivity index (χ1) is 11.0. The van der Waals surface area contributed by atoms with Crippen molar-refractivity contribution >= 4 is 5.78 Å². The van der Waals surface area contributed by atoms with Crippen molar-refractivity contribution in [2.75, 3.05) is 7.11 Å². The van der Waals surface area contributed by atoms with Crippen molar-refractivity contribution in [1.29, 1.82) is 0 Å². The minimum Gasteiger partial charge on any atom is -0.497 e. The normalized spacial score (nSPS) is 25.7. The molecule has 5 nitrogen and oxygen atoms in total. The zero-order valence-corrected chi connectivity index (χ0v) is 13.0. The maximum atomic E-state index is 12.9. The molecule has 118 valence electrons. The predicted octanol–water partition coefficient (Wildman–Crippen LogP) is 3.26. The number of Topliss-reactive ketones (excluding diaryl/α,β-unsaturated/α-hetero) is 1. The number of nitro groups is 1. The van der Waals surface area contributed by atoms with Crippen molar-refractivity contribution in [1.82, 2.24) is 0 Å². The molecule has 5 heteroatoms. The van der Waals surface area contributed by atoms with E-state index in [0.29, 0.717) is 11.3 Å². The van der Waals surface area contributed by atoms with Crippen LogP contribution in [0.3, 0.4) is 0 Å². The number of hydrogen-bond donors (Lipinski definition) is 0. The molecule has 0 radical (unpaired) electrons. The highest BCUT2D eigenvalue weighted by molar-refractivity contribution is 6.06. The first-order valence-electron chi connectivity index (χ1n) is 7.34. The van der Waals surface area contributed by atoms with E-state index in [9.17, 15) is 14.9 Å². The smallest absolute Gasteiger partial charge is 0.294 e. The van der Waals surface area contributed by atoms with Crippen LogP contribution in [-0.2, 0) is 5.41 Å². The van der Waals surface area contributed by atoms with Crippen LogP contribution >= 0.6 is 0 Å². The van der Waals surface area contributed by atoms with Crippen LogP contribution in [-0.4, -0.2) is 23.4 Å². The second-order valence-corrected chi connectivity index (χ2v) is 6.05. The lowest BCUT2D eigenvalue weighted by atomic mass is 9.88. The van der Waals surface area contributed by atoms with Gasteiger partial charge in [0.15, 0.2) is 0 Å². The summed E-state index contributed by atoms with van der Waals surface area (Å²) in [4.78, 5) is 24.2. The Kier molecular flexibility index (Phi) is 3.43. The second kappa shape index (κ2) is 5.19. The number of methoxy groups -OCH3 is 1. The first kappa shape index (κ1) is 15.2. The summed E-state index contributed by atoms with van der Waals surface area (Å²) in [5, 5.41) is 11.8. The minimum absolute atomic E-state index is 0.210. The van der Waals surface area contributed by atoms with Crippen LogP contribution in [0.5, 0.6) is 5.75 Å². The topological polar surface area (TPSA) is 69.4 Å². The summed E-state index contributed by atoms with van der Waals surface area (Å²) in [7, 11) is 1.53. The van der Waals surface area contributed by atoms with E-state index in [1.807, 2.05) is 30.3 Å². The third kappa shape index (κ3) is 2.11. The van der Waals surface area contributed by atoms with E-state index in [0.717, 1.165) is 5.56 Å². The summed E-state index contributed by atoms with van der Waals surface area (Å²) in [5.41, 5.74) is -1.22. The van der Waals surface area contributed by atoms with Gasteiger partial charge in [-0.2, -0.15) is 0 Å². The van der Waals surface area contributed by atoms with Crippen LogP contribution in [0.1, 0.15) is 29.3 Å². The molecule has 0 aliphatic heterocycles. The molecule has 1 fully saturated rings. The summed E-state index contributed by atoms with van der Waals surface area (Å²) < 4.78 is 5.06. The number of rotatable bonds is 5. The molecule has 0 bridgehead atoms. The molecule has 0 heterocycles. The highest BCUT2D eigenvalue weighted by Gasteiger charge is 2.80. The van der Waals surface area contributed by atoms with Gasteiger partial charge in [0, 0.05) is 16.9 Å². The minimum atomic E-state index is -1.59. The molecule has 2 aromatic rings. The molecule has 23 heavy (non-hydrogen) atoms. The maximum absolute atomic E-state index is 12.9. The van der Waals surface area contributed by atoms with E-state index in [2.05, 4.69) is 0 Å². The van der Waals surface area contributed by atoms with E-state index in [-0.39, 0.29) is 6.42 Å². The Morgan fingerprint density at radius 1 is 1.13 bits per heavy atom. The van der Waals surface area contributed by atoms with E-state index in [1.54, 1.807) is 31.2 Å². The van der Waals surface area contributed by atoms with Gasteiger partial charge < -0.3 is 4.74 Å². The van der Waals surface area contributed by atoms with Gasteiger partial charge in [-0.3, -0.25) is 14.9 Å². The van der Waals surface area contributed by atoms with Crippen LogP contribution in [0.2, 0.25) is 0 Å². The molecule has 0 saturated heterocycles. The quantitative estimate of drug-likeness (QED) is 0.483. The van der Waals surface area contributed by atoms with E-state index >= 15 is 0 Å². The van der Waals surface area contributed by atoms with Gasteiger partial charge in [-0.1, -0.05) is 30.3 Å². The first-order valence-corrected chi connectivity index (χ1v) is 7.34. The standard InChI is InChI=1S/C18H17NO4/c1-17(14-6-4-3-5-7-14)12-18(17,19(21)22)16(20)13-8-10-15(23-2)11-9-13/h3-11H,12H2,1-2H3/t17-,18+/m0/s1. The molecule has 3 rings (SSSR count). The van der Waals surface area contributed by atoms with Crippen molar-refractivity contribution in [3.8, 4) is 5.75 Å². The Bertz CT molecular complexity index is 756. The van der Waals surface area contributed by atoms with E-state index < -0.39 is 21.7 Å². The number of carbonyl (C=O) groups is 1. The molecule has 2 aromatic carbocycles. The second-order valence-electron chi connectivity index (χ2n) is 6.05. The molecule has 0 unspecified atom stereocenters. The van der Waals surface area contributed by atoms with Gasteiger partial charge in [0.25, 0.3) is 5.54 Å². The number of ether oxygens (including phenoxy) is 1. The number of hydrogen-bond acceptors (Lipinski definition) is 4. The highest BCUT2D eigenvalue weighted by Crippen LogP contribution is 2.60. The third-order valence-corrected chi connectivity index (χ3v) is 4.85. The molecule has 0 spiro atoms. The van der Waals surface area contributed by atoms with Crippen LogP contribution in [0, 0.1) is 10.1 Å². The summed E-state index contributed by atoms with van der Waals surface area (Å²) in [6.45, 7) is 1.78. The molecule has 2 atom stereocenters. The molecule has 1 aliphatic carbocycles. The van der Waals surface area contributed by atoms with Gasteiger partial charge in [0.05, 0.1) is 12.5 Å². The highest BCUT2D eigenvalue weighted by atomic mass is 16.6. The Morgan fingerprint density at radius 3 is 2.26 bits per heavy atom. The summed E-state index contributed by atoms with van der Waals surface area (Å²) in [6, 6.07) is 15.6. The van der Waals surface area contributed by atoms with Crippen molar-refractivity contribution in [2.24, 2.45) is 0 Å². The lowest BCUT2D eigenvalue weighted by Crippen LogP contribution is -2.39. The monoisotopic (exact) mass is 311 g/mol. The molecule has 0 amide bonds. The lowest BCUT2D eigenvalue weighted by Gasteiger charge is -2.15. The maximum Gasteiger partial charge on any atom is 0.294 e. The van der Waals surface area contributed by atoms with E-state index in [4.69, 9.17) is 4.74 Å². The molecular weight excluding hydrogens is 294 g/mol. The summed E-state index contributed by atoms with van der Waals surface area (Å²) >= 11 is 0. The van der Waals surface area contributed by atoms with Crippen LogP contribution in [0.25, 0.3) is 0 Å². The number of benzene rings is 2. The van der Waals surface area contributed by atoms with Gasteiger partial charge in [-0.15, -0.1) is 0 Å². The fourth-order valence-electron chi connectivity index (χ4n) is 3.28. The zero-order chi connectivity index (χ0) is 16.7. The Balaban J connectivity index is 2.00. The summed E-state index contributed by atoms with van der Waals surface area (Å²) in [6.07, 6.45) is 0.210. The van der Waals surface area contributed by atoms with Crippen molar-refractivity contribution in [3.63, 3.8) is 0 Å². The summed E-state index contributed by atoms with van der Waals surface area (Å²) in [5.74, 6) is 0.162. The Hall–Kier alpha value is -2.69. The average molecular weight is 311 g/mol. The fourth-order valence-corrected chi connectivity index (χ4v) is 3.28. The van der Waals surface area contributed by atoms with Crippen molar-refractivity contribution < 1.29 is 14.5 Å². The van der Waals surface area contributed by atoms with Crippen molar-refractivity contribution in [2.45, 2.75) is 24.3 Å². The van der Waals surface area contributed by atoms with Crippen LogP contribution in [0.4, 0.5) is 0 Å². The third-order valence-electron chi connectivity index (χ3n) is 4.85. The average Bonchev–Trinajstić information content (AvgIpc) is 3.24. The zero-order valence-electron chi connectivity index (χ0n) is 13.0. The lowest BCUT2D eigenvalue weighted by molar-refractivity contribution is -0.524. The van der Waals surface area contributed by atoms with Crippen LogP contribution < -0.4 is 4.74 Å². The van der Waals surface area contributed by atoms with Gasteiger partial charge in [-0.05, 0) is 36.8 Å². The molecule has 0 aromatic heterocycles. The largest absolute Gasteiger partial charge is 0.497 e. The van der Waals surface area contributed by atoms with Gasteiger partial charge >= 0.3 is 0 Å². The van der Waals surface area contributed by atoms with Gasteiger partial charge in [0.1, 0.15) is 5.75 Å². The van der Waals surface area contributed by atoms with Gasteiger partial charge in [-0.25, -0.2) is 0 Å². The van der Waals surface area contributed by atoms with Crippen molar-refractivity contribution in [3.05, 3.63) is 75.8 Å². The van der Waals surface area contributed by atoms with Gasteiger partial charge in [0.2, 0.25) is 5.78 Å². The Morgan fingerprint density at radius 2 is 1.74 bits per heavy atom. The number of ketones is 1. The fraction of sp³-hybridized carbons (Fsp3) is 0.278.